The van der Waals surface area contributed by atoms with Gasteiger partial charge in [-0.1, -0.05) is 48.5 Å². The first-order valence-electron chi connectivity index (χ1n) is 9.02. The van der Waals surface area contributed by atoms with Gasteiger partial charge in [-0.3, -0.25) is 9.59 Å². The lowest BCUT2D eigenvalue weighted by Crippen LogP contribution is -2.36. The minimum Gasteiger partial charge on any atom is -0.344 e. The number of rotatable bonds is 6. The number of carbonyl (C=O) groups is 2. The first-order valence-corrected chi connectivity index (χ1v) is 9.90. The minimum absolute atomic E-state index is 0.186. The maximum atomic E-state index is 12.9. The second-order valence-electron chi connectivity index (χ2n) is 6.45. The average molecular weight is 391 g/mol. The van der Waals surface area contributed by atoms with Crippen LogP contribution in [0.4, 0.5) is 0 Å². The molecule has 1 heterocycles. The highest BCUT2D eigenvalue weighted by Crippen LogP contribution is 2.18. The van der Waals surface area contributed by atoms with Crippen LogP contribution in [0.1, 0.15) is 39.3 Å². The van der Waals surface area contributed by atoms with Crippen LogP contribution in [0.5, 0.6) is 0 Å². The van der Waals surface area contributed by atoms with Crippen LogP contribution in [0.25, 0.3) is 6.08 Å². The molecule has 0 fully saturated rings. The zero-order chi connectivity index (χ0) is 19.9. The number of carbonyl (C=O) groups excluding carboxylic acids is 2. The van der Waals surface area contributed by atoms with E-state index in [4.69, 9.17) is 0 Å². The van der Waals surface area contributed by atoms with Crippen molar-refractivity contribution in [3.63, 3.8) is 0 Å². The molecule has 5 heteroatoms. The van der Waals surface area contributed by atoms with Crippen LogP contribution in [-0.2, 0) is 4.79 Å². The van der Waals surface area contributed by atoms with Gasteiger partial charge in [0.15, 0.2) is 0 Å². The molecule has 2 N–H and O–H groups in total. The van der Waals surface area contributed by atoms with Crippen LogP contribution in [0, 0.1) is 6.92 Å². The van der Waals surface area contributed by atoms with Gasteiger partial charge in [0.05, 0.1) is 6.04 Å². The van der Waals surface area contributed by atoms with E-state index in [1.165, 1.54) is 11.3 Å². The van der Waals surface area contributed by atoms with Gasteiger partial charge in [0.1, 0.15) is 5.70 Å². The molecule has 142 valence electrons. The highest BCUT2D eigenvalue weighted by atomic mass is 32.1. The monoisotopic (exact) mass is 390 g/mol. The molecule has 3 aromatic rings. The van der Waals surface area contributed by atoms with Gasteiger partial charge in [-0.25, -0.2) is 0 Å². The molecule has 0 aliphatic rings. The van der Waals surface area contributed by atoms with Crippen molar-refractivity contribution in [2.45, 2.75) is 19.9 Å². The molecule has 28 heavy (non-hydrogen) atoms. The third-order valence-corrected chi connectivity index (χ3v) is 5.18. The summed E-state index contributed by atoms with van der Waals surface area (Å²) in [5.41, 5.74) is 2.86. The van der Waals surface area contributed by atoms with E-state index in [1.54, 1.807) is 30.3 Å². The lowest BCUT2D eigenvalue weighted by atomic mass is 10.0. The molecule has 0 bridgehead atoms. The molecule has 0 aliphatic carbocycles. The summed E-state index contributed by atoms with van der Waals surface area (Å²) in [4.78, 5) is 26.4. The SMILES string of the molecule is Cc1ccccc1[C@H](C)NC(=O)/C(=C/c1cccs1)NC(=O)c1ccccc1. The first kappa shape index (κ1) is 19.6. The van der Waals surface area contributed by atoms with Crippen LogP contribution < -0.4 is 10.6 Å². The number of aryl methyl sites for hydroxylation is 1. The van der Waals surface area contributed by atoms with Crippen LogP contribution in [0.15, 0.2) is 77.8 Å². The molecule has 1 atom stereocenters. The molecule has 2 aromatic carbocycles. The van der Waals surface area contributed by atoms with E-state index < -0.39 is 0 Å². The van der Waals surface area contributed by atoms with Gasteiger partial charge < -0.3 is 10.6 Å². The van der Waals surface area contributed by atoms with Crippen molar-refractivity contribution in [1.29, 1.82) is 0 Å². The number of hydrogen-bond acceptors (Lipinski definition) is 3. The second kappa shape index (κ2) is 9.15. The summed E-state index contributed by atoms with van der Waals surface area (Å²) in [6.45, 7) is 3.94. The molecule has 0 saturated heterocycles. The van der Waals surface area contributed by atoms with Gasteiger partial charge in [0.2, 0.25) is 0 Å². The van der Waals surface area contributed by atoms with E-state index in [9.17, 15) is 9.59 Å². The molecular formula is C23H22N2O2S. The third-order valence-electron chi connectivity index (χ3n) is 4.36. The fraction of sp³-hybridized carbons (Fsp3) is 0.130. The third kappa shape index (κ3) is 4.96. The predicted octanol–water partition coefficient (Wildman–Crippen LogP) is 4.70. The standard InChI is InChI=1S/C23H22N2O2S/c1-16-9-6-7-13-20(16)17(2)24-23(27)21(15-19-12-8-14-28-19)25-22(26)18-10-4-3-5-11-18/h3-15,17H,1-2H3,(H,24,27)(H,25,26)/b21-15-/t17-/m0/s1. The fourth-order valence-electron chi connectivity index (χ4n) is 2.88. The molecule has 4 nitrogen and oxygen atoms in total. The van der Waals surface area contributed by atoms with Crippen molar-refractivity contribution in [2.75, 3.05) is 0 Å². The summed E-state index contributed by atoms with van der Waals surface area (Å²) in [6, 6.07) is 20.4. The summed E-state index contributed by atoms with van der Waals surface area (Å²) in [6.07, 6.45) is 1.70. The predicted molar refractivity (Wildman–Crippen MR) is 114 cm³/mol. The second-order valence-corrected chi connectivity index (χ2v) is 7.42. The molecule has 0 radical (unpaired) electrons. The Hall–Kier alpha value is -3.18. The molecule has 0 spiro atoms. The van der Waals surface area contributed by atoms with Crippen molar-refractivity contribution < 1.29 is 9.59 Å². The Morgan fingerprint density at radius 1 is 0.964 bits per heavy atom. The highest BCUT2D eigenvalue weighted by Gasteiger charge is 2.18. The van der Waals surface area contributed by atoms with Crippen molar-refractivity contribution in [3.05, 3.63) is 99.4 Å². The van der Waals surface area contributed by atoms with Crippen molar-refractivity contribution in [1.82, 2.24) is 10.6 Å². The van der Waals surface area contributed by atoms with E-state index in [-0.39, 0.29) is 23.6 Å². The van der Waals surface area contributed by atoms with Gasteiger partial charge in [0, 0.05) is 10.4 Å². The Morgan fingerprint density at radius 3 is 2.36 bits per heavy atom. The Bertz CT molecular complexity index is 979. The first-order chi connectivity index (χ1) is 13.5. The van der Waals surface area contributed by atoms with E-state index in [0.717, 1.165) is 16.0 Å². The van der Waals surface area contributed by atoms with E-state index >= 15 is 0 Å². The zero-order valence-corrected chi connectivity index (χ0v) is 16.6. The van der Waals surface area contributed by atoms with Gasteiger partial charge in [0.25, 0.3) is 11.8 Å². The van der Waals surface area contributed by atoms with Crippen LogP contribution >= 0.6 is 11.3 Å². The average Bonchev–Trinajstić information content (AvgIpc) is 3.21. The maximum Gasteiger partial charge on any atom is 0.268 e. The molecule has 1 aromatic heterocycles. The van der Waals surface area contributed by atoms with Crippen molar-refractivity contribution in [3.8, 4) is 0 Å². The van der Waals surface area contributed by atoms with Gasteiger partial charge in [-0.2, -0.15) is 0 Å². The van der Waals surface area contributed by atoms with E-state index in [1.807, 2.05) is 61.7 Å². The highest BCUT2D eigenvalue weighted by molar-refractivity contribution is 7.10. The number of benzene rings is 2. The molecule has 3 rings (SSSR count). The Balaban J connectivity index is 1.81. The maximum absolute atomic E-state index is 12.9. The quantitative estimate of drug-likeness (QED) is 0.599. The Morgan fingerprint density at radius 2 is 1.68 bits per heavy atom. The van der Waals surface area contributed by atoms with E-state index in [2.05, 4.69) is 10.6 Å². The number of nitrogens with one attached hydrogen (secondary N) is 2. The lowest BCUT2D eigenvalue weighted by molar-refractivity contribution is -0.118. The van der Waals surface area contributed by atoms with Gasteiger partial charge >= 0.3 is 0 Å². The smallest absolute Gasteiger partial charge is 0.268 e. The largest absolute Gasteiger partial charge is 0.344 e. The number of hydrogen-bond donors (Lipinski definition) is 2. The van der Waals surface area contributed by atoms with E-state index in [0.29, 0.717) is 5.56 Å². The van der Waals surface area contributed by atoms with Crippen LogP contribution in [0.3, 0.4) is 0 Å². The fourth-order valence-corrected chi connectivity index (χ4v) is 3.54. The molecule has 2 amide bonds. The number of thiophene rings is 1. The Kier molecular flexibility index (Phi) is 6.40. The van der Waals surface area contributed by atoms with Crippen molar-refractivity contribution >= 4 is 29.2 Å². The summed E-state index contributed by atoms with van der Waals surface area (Å²) in [5, 5.41) is 7.68. The normalized spacial score (nSPS) is 12.3. The molecule has 0 aliphatic heterocycles. The van der Waals surface area contributed by atoms with Crippen molar-refractivity contribution in [2.24, 2.45) is 0 Å². The molecule has 0 saturated carbocycles. The Labute approximate surface area is 168 Å². The van der Waals surface area contributed by atoms with Crippen LogP contribution in [0.2, 0.25) is 0 Å². The van der Waals surface area contributed by atoms with Gasteiger partial charge in [-0.05, 0) is 54.6 Å². The summed E-state index contributed by atoms with van der Waals surface area (Å²) < 4.78 is 0. The van der Waals surface area contributed by atoms with Gasteiger partial charge in [-0.15, -0.1) is 11.3 Å². The summed E-state index contributed by atoms with van der Waals surface area (Å²) in [5.74, 6) is -0.643. The minimum atomic E-state index is -0.326. The topological polar surface area (TPSA) is 58.2 Å². The molecular weight excluding hydrogens is 368 g/mol. The molecule has 0 unspecified atom stereocenters. The van der Waals surface area contributed by atoms with Crippen LogP contribution in [-0.4, -0.2) is 11.8 Å². The zero-order valence-electron chi connectivity index (χ0n) is 15.8. The lowest BCUT2D eigenvalue weighted by Gasteiger charge is -2.18. The number of amides is 2. The summed E-state index contributed by atoms with van der Waals surface area (Å²) in [7, 11) is 0. The summed E-state index contributed by atoms with van der Waals surface area (Å²) >= 11 is 1.50.